The van der Waals surface area contributed by atoms with Crippen LogP contribution in [0.2, 0.25) is 0 Å². The van der Waals surface area contributed by atoms with Gasteiger partial charge in [0.2, 0.25) is 5.91 Å². The van der Waals surface area contributed by atoms with Gasteiger partial charge >= 0.3 is 5.97 Å². The molecule has 19 heavy (non-hydrogen) atoms. The number of carboxylic acid groups (broad SMARTS) is 1. The second-order valence-corrected chi connectivity index (χ2v) is 7.46. The van der Waals surface area contributed by atoms with Gasteiger partial charge in [-0.25, -0.2) is 4.79 Å². The van der Waals surface area contributed by atoms with E-state index in [1.54, 1.807) is 0 Å². The molecule has 1 aliphatic carbocycles. The third-order valence-electron chi connectivity index (χ3n) is 3.94. The molecule has 1 fully saturated rings. The average Bonchev–Trinajstić information content (AvgIpc) is 2.11. The van der Waals surface area contributed by atoms with Crippen LogP contribution in [0.1, 0.15) is 60.3 Å². The Bertz CT molecular complexity index is 360. The Hall–Kier alpha value is -1.06. The fraction of sp³-hybridized carbons (Fsp3) is 0.867. The Morgan fingerprint density at radius 3 is 2.37 bits per heavy atom. The normalized spacial score (nSPS) is 26.8. The average molecular weight is 269 g/mol. The Morgan fingerprint density at radius 2 is 1.89 bits per heavy atom. The molecule has 0 saturated heterocycles. The molecule has 2 N–H and O–H groups in total. The monoisotopic (exact) mass is 269 g/mol. The van der Waals surface area contributed by atoms with E-state index >= 15 is 0 Å². The van der Waals surface area contributed by atoms with Crippen LogP contribution in [0.25, 0.3) is 0 Å². The summed E-state index contributed by atoms with van der Waals surface area (Å²) in [6.45, 7) is 9.75. The first-order valence-electron chi connectivity index (χ1n) is 7.06. The number of carboxylic acids is 1. The molecule has 4 heteroatoms. The van der Waals surface area contributed by atoms with E-state index in [1.165, 1.54) is 20.3 Å². The van der Waals surface area contributed by atoms with Gasteiger partial charge in [-0.05, 0) is 50.4 Å². The number of carbonyl (C=O) groups is 2. The van der Waals surface area contributed by atoms with Crippen LogP contribution in [0.15, 0.2) is 0 Å². The van der Waals surface area contributed by atoms with Gasteiger partial charge in [0, 0.05) is 6.42 Å². The predicted octanol–water partition coefficient (Wildman–Crippen LogP) is 2.82. The summed E-state index contributed by atoms with van der Waals surface area (Å²) in [6, 6.07) is 0. The lowest BCUT2D eigenvalue weighted by molar-refractivity contribution is -0.146. The van der Waals surface area contributed by atoms with Gasteiger partial charge in [-0.1, -0.05) is 20.8 Å². The second-order valence-electron chi connectivity index (χ2n) is 7.46. The van der Waals surface area contributed by atoms with Crippen molar-refractivity contribution in [3.05, 3.63) is 0 Å². The van der Waals surface area contributed by atoms with Crippen molar-refractivity contribution in [2.24, 2.45) is 17.3 Å². The molecule has 1 amide bonds. The van der Waals surface area contributed by atoms with Crippen molar-refractivity contribution in [1.82, 2.24) is 5.32 Å². The first kappa shape index (κ1) is 16.0. The Balaban J connectivity index is 2.55. The van der Waals surface area contributed by atoms with Crippen LogP contribution in [0.4, 0.5) is 0 Å². The Labute approximate surface area is 116 Å². The minimum atomic E-state index is -1.19. The fourth-order valence-electron chi connectivity index (χ4n) is 3.41. The fourth-order valence-corrected chi connectivity index (χ4v) is 3.41. The summed E-state index contributed by atoms with van der Waals surface area (Å²) in [7, 11) is 0. The maximum absolute atomic E-state index is 12.0. The van der Waals surface area contributed by atoms with E-state index in [-0.39, 0.29) is 11.3 Å². The number of aliphatic carboxylic acids is 1. The number of amides is 1. The standard InChI is InChI=1S/C15H27NO3/c1-10-6-11(9-14(2,3)8-10)7-12(17)16-15(4,5)13(18)19/h10-11H,6-9H2,1-5H3,(H,16,17)(H,18,19). The summed E-state index contributed by atoms with van der Waals surface area (Å²) < 4.78 is 0. The number of hydrogen-bond donors (Lipinski definition) is 2. The lowest BCUT2D eigenvalue weighted by Crippen LogP contribution is -2.50. The first-order chi connectivity index (χ1) is 8.52. The zero-order chi connectivity index (χ0) is 14.8. The van der Waals surface area contributed by atoms with E-state index in [2.05, 4.69) is 26.1 Å². The van der Waals surface area contributed by atoms with E-state index in [0.29, 0.717) is 18.3 Å². The molecule has 1 saturated carbocycles. The highest BCUT2D eigenvalue weighted by atomic mass is 16.4. The summed E-state index contributed by atoms with van der Waals surface area (Å²) >= 11 is 0. The third-order valence-corrected chi connectivity index (χ3v) is 3.94. The van der Waals surface area contributed by atoms with Gasteiger partial charge in [0.1, 0.15) is 5.54 Å². The lowest BCUT2D eigenvalue weighted by atomic mass is 9.67. The van der Waals surface area contributed by atoms with Gasteiger partial charge in [-0.2, -0.15) is 0 Å². The van der Waals surface area contributed by atoms with Crippen molar-refractivity contribution < 1.29 is 14.7 Å². The largest absolute Gasteiger partial charge is 0.480 e. The van der Waals surface area contributed by atoms with Crippen LogP contribution in [0.3, 0.4) is 0 Å². The summed E-state index contributed by atoms with van der Waals surface area (Å²) in [5, 5.41) is 11.6. The smallest absolute Gasteiger partial charge is 0.328 e. The molecule has 0 spiro atoms. The van der Waals surface area contributed by atoms with Crippen molar-refractivity contribution >= 4 is 11.9 Å². The molecule has 2 unspecified atom stereocenters. The van der Waals surface area contributed by atoms with Crippen molar-refractivity contribution in [1.29, 1.82) is 0 Å². The van der Waals surface area contributed by atoms with E-state index in [0.717, 1.165) is 12.8 Å². The van der Waals surface area contributed by atoms with E-state index in [1.807, 2.05) is 0 Å². The molecule has 0 aromatic carbocycles. The van der Waals surface area contributed by atoms with E-state index in [9.17, 15) is 9.59 Å². The zero-order valence-electron chi connectivity index (χ0n) is 12.7. The van der Waals surface area contributed by atoms with Crippen molar-refractivity contribution in [2.75, 3.05) is 0 Å². The first-order valence-corrected chi connectivity index (χ1v) is 7.06. The Morgan fingerprint density at radius 1 is 1.32 bits per heavy atom. The SMILES string of the molecule is CC1CC(CC(=O)NC(C)(C)C(=O)O)CC(C)(C)C1. The maximum atomic E-state index is 12.0. The molecule has 0 heterocycles. The Kier molecular flexibility index (Phi) is 4.64. The van der Waals surface area contributed by atoms with Crippen LogP contribution in [-0.4, -0.2) is 22.5 Å². The third kappa shape index (κ3) is 4.84. The maximum Gasteiger partial charge on any atom is 0.328 e. The van der Waals surface area contributed by atoms with Crippen molar-refractivity contribution in [2.45, 2.75) is 65.8 Å². The topological polar surface area (TPSA) is 66.4 Å². The predicted molar refractivity (Wildman–Crippen MR) is 74.8 cm³/mol. The molecule has 0 bridgehead atoms. The highest BCUT2D eigenvalue weighted by molar-refractivity contribution is 5.86. The molecule has 2 atom stereocenters. The van der Waals surface area contributed by atoms with Crippen LogP contribution in [0.5, 0.6) is 0 Å². The van der Waals surface area contributed by atoms with Crippen LogP contribution < -0.4 is 5.32 Å². The molecule has 4 nitrogen and oxygen atoms in total. The zero-order valence-corrected chi connectivity index (χ0v) is 12.7. The second kappa shape index (κ2) is 5.51. The molecular weight excluding hydrogens is 242 g/mol. The summed E-state index contributed by atoms with van der Waals surface area (Å²) in [5.74, 6) is -0.155. The molecule has 0 aromatic rings. The number of carbonyl (C=O) groups excluding carboxylic acids is 1. The number of nitrogens with one attached hydrogen (secondary N) is 1. The van der Waals surface area contributed by atoms with E-state index in [4.69, 9.17) is 5.11 Å². The lowest BCUT2D eigenvalue weighted by Gasteiger charge is -2.39. The molecule has 1 rings (SSSR count). The molecule has 110 valence electrons. The van der Waals surface area contributed by atoms with Gasteiger partial charge in [-0.3, -0.25) is 4.79 Å². The summed E-state index contributed by atoms with van der Waals surface area (Å²) in [4.78, 5) is 23.0. The summed E-state index contributed by atoms with van der Waals surface area (Å²) in [5.41, 5.74) is -0.905. The molecule has 0 aromatic heterocycles. The molecule has 0 radical (unpaired) electrons. The van der Waals surface area contributed by atoms with E-state index < -0.39 is 11.5 Å². The molecule has 1 aliphatic rings. The quantitative estimate of drug-likeness (QED) is 0.824. The van der Waals surface area contributed by atoms with Crippen LogP contribution in [-0.2, 0) is 9.59 Å². The van der Waals surface area contributed by atoms with Crippen molar-refractivity contribution in [3.8, 4) is 0 Å². The molecular formula is C15H27NO3. The highest BCUT2D eigenvalue weighted by Crippen LogP contribution is 2.42. The van der Waals surface area contributed by atoms with Gasteiger partial charge in [0.25, 0.3) is 0 Å². The van der Waals surface area contributed by atoms with Crippen LogP contribution in [0, 0.1) is 17.3 Å². The van der Waals surface area contributed by atoms with Gasteiger partial charge in [0.15, 0.2) is 0 Å². The van der Waals surface area contributed by atoms with Gasteiger partial charge in [0.05, 0.1) is 0 Å². The van der Waals surface area contributed by atoms with Gasteiger partial charge in [-0.15, -0.1) is 0 Å². The molecule has 0 aliphatic heterocycles. The van der Waals surface area contributed by atoms with Gasteiger partial charge < -0.3 is 10.4 Å². The highest BCUT2D eigenvalue weighted by Gasteiger charge is 2.34. The number of rotatable bonds is 4. The summed E-state index contributed by atoms with van der Waals surface area (Å²) in [6.07, 6.45) is 3.73. The van der Waals surface area contributed by atoms with Crippen molar-refractivity contribution in [3.63, 3.8) is 0 Å². The van der Waals surface area contributed by atoms with Crippen LogP contribution >= 0.6 is 0 Å². The number of hydrogen-bond acceptors (Lipinski definition) is 2. The minimum absolute atomic E-state index is 0.151. The minimum Gasteiger partial charge on any atom is -0.480 e.